The normalized spacial score (nSPS) is 16.6. The predicted molar refractivity (Wildman–Crippen MR) is 90.1 cm³/mol. The molecule has 0 aliphatic carbocycles. The molecule has 2 aromatic rings. The van der Waals surface area contributed by atoms with Gasteiger partial charge in [0.1, 0.15) is 12.2 Å². The first-order valence-electron chi connectivity index (χ1n) is 7.44. The number of aromatic nitrogens is 3. The lowest BCUT2D eigenvalue weighted by Gasteiger charge is -2.24. The standard InChI is InChI=1S/C15H19ClN6O/c1-21(2)13-5-3-10(16)7-12(13)20-15(23)19-11-4-6-14-17-9-18-22(14)8-11/h3,5,7,9,11H,4,6,8H2,1-2H3,(H2,19,20,23)/t11-/m1/s1. The van der Waals surface area contributed by atoms with E-state index in [4.69, 9.17) is 11.6 Å². The lowest BCUT2D eigenvalue weighted by atomic mass is 10.1. The van der Waals surface area contributed by atoms with Gasteiger partial charge in [-0.3, -0.25) is 0 Å². The second-order valence-corrected chi connectivity index (χ2v) is 6.18. The van der Waals surface area contributed by atoms with E-state index in [-0.39, 0.29) is 12.1 Å². The molecule has 2 amide bonds. The number of nitrogens with one attached hydrogen (secondary N) is 2. The second-order valence-electron chi connectivity index (χ2n) is 5.75. The van der Waals surface area contributed by atoms with Gasteiger partial charge in [-0.25, -0.2) is 14.5 Å². The molecule has 1 aromatic carbocycles. The summed E-state index contributed by atoms with van der Waals surface area (Å²) in [5, 5.41) is 10.6. The maximum Gasteiger partial charge on any atom is 0.319 e. The van der Waals surface area contributed by atoms with Crippen LogP contribution in [0.2, 0.25) is 5.02 Å². The third kappa shape index (κ3) is 3.56. The number of fused-ring (bicyclic) bond motifs is 1. The Labute approximate surface area is 139 Å². The van der Waals surface area contributed by atoms with E-state index in [1.165, 1.54) is 0 Å². The van der Waals surface area contributed by atoms with E-state index in [1.807, 2.05) is 29.7 Å². The highest BCUT2D eigenvalue weighted by molar-refractivity contribution is 6.31. The number of hydrogen-bond acceptors (Lipinski definition) is 4. The molecule has 7 nitrogen and oxygen atoms in total. The van der Waals surface area contributed by atoms with Gasteiger partial charge in [0.25, 0.3) is 0 Å². The monoisotopic (exact) mass is 334 g/mol. The number of hydrogen-bond donors (Lipinski definition) is 2. The summed E-state index contributed by atoms with van der Waals surface area (Å²) >= 11 is 6.03. The van der Waals surface area contributed by atoms with Crippen molar-refractivity contribution in [1.29, 1.82) is 0 Å². The molecule has 8 heteroatoms. The molecule has 0 fully saturated rings. The zero-order chi connectivity index (χ0) is 16.4. The van der Waals surface area contributed by atoms with Crippen molar-refractivity contribution in [1.82, 2.24) is 20.1 Å². The van der Waals surface area contributed by atoms with E-state index in [2.05, 4.69) is 20.7 Å². The van der Waals surface area contributed by atoms with E-state index >= 15 is 0 Å². The first-order chi connectivity index (χ1) is 11.0. The highest BCUT2D eigenvalue weighted by Crippen LogP contribution is 2.27. The Morgan fingerprint density at radius 3 is 3.04 bits per heavy atom. The number of rotatable bonds is 3. The zero-order valence-electron chi connectivity index (χ0n) is 13.1. The lowest BCUT2D eigenvalue weighted by molar-refractivity contribution is 0.243. The van der Waals surface area contributed by atoms with Crippen molar-refractivity contribution >= 4 is 29.0 Å². The summed E-state index contributed by atoms with van der Waals surface area (Å²) < 4.78 is 1.83. The van der Waals surface area contributed by atoms with Gasteiger partial charge in [-0.1, -0.05) is 11.6 Å². The minimum atomic E-state index is -0.246. The van der Waals surface area contributed by atoms with Crippen LogP contribution >= 0.6 is 11.6 Å². The summed E-state index contributed by atoms with van der Waals surface area (Å²) in [5.74, 6) is 0.966. The van der Waals surface area contributed by atoms with Gasteiger partial charge >= 0.3 is 6.03 Å². The molecule has 0 bridgehead atoms. The Bertz CT molecular complexity index is 714. The van der Waals surface area contributed by atoms with Gasteiger partial charge in [-0.2, -0.15) is 5.10 Å². The minimum Gasteiger partial charge on any atom is -0.376 e. The fraction of sp³-hybridized carbons (Fsp3) is 0.400. The molecule has 3 rings (SSSR count). The van der Waals surface area contributed by atoms with Crippen LogP contribution in [-0.4, -0.2) is 40.9 Å². The van der Waals surface area contributed by atoms with Gasteiger partial charge < -0.3 is 15.5 Å². The van der Waals surface area contributed by atoms with Gasteiger partial charge in [0.05, 0.1) is 24.0 Å². The van der Waals surface area contributed by atoms with Crippen LogP contribution in [0, 0.1) is 0 Å². The summed E-state index contributed by atoms with van der Waals surface area (Å²) in [6.07, 6.45) is 3.21. The van der Waals surface area contributed by atoms with Crippen molar-refractivity contribution in [3.63, 3.8) is 0 Å². The number of urea groups is 1. The first-order valence-corrected chi connectivity index (χ1v) is 7.82. The van der Waals surface area contributed by atoms with E-state index in [1.54, 1.807) is 18.5 Å². The Kier molecular flexibility index (Phi) is 4.38. The molecular weight excluding hydrogens is 316 g/mol. The molecule has 1 atom stereocenters. The van der Waals surface area contributed by atoms with Gasteiger partial charge in [0, 0.05) is 25.5 Å². The Morgan fingerprint density at radius 2 is 2.26 bits per heavy atom. The first kappa shape index (κ1) is 15.6. The fourth-order valence-corrected chi connectivity index (χ4v) is 2.87. The molecule has 0 spiro atoms. The number of halogens is 1. The number of nitrogens with zero attached hydrogens (tertiary/aromatic N) is 4. The molecule has 122 valence electrons. The molecule has 0 saturated heterocycles. The Balaban J connectivity index is 1.65. The van der Waals surface area contributed by atoms with Crippen molar-refractivity contribution < 1.29 is 4.79 Å². The predicted octanol–water partition coefficient (Wildman–Crippen LogP) is 2.13. The van der Waals surface area contributed by atoms with E-state index in [0.717, 1.165) is 24.4 Å². The molecule has 0 saturated carbocycles. The van der Waals surface area contributed by atoms with Crippen LogP contribution in [-0.2, 0) is 13.0 Å². The molecule has 1 aromatic heterocycles. The summed E-state index contributed by atoms with van der Waals surface area (Å²) in [4.78, 5) is 18.4. The van der Waals surface area contributed by atoms with Crippen molar-refractivity contribution in [3.05, 3.63) is 35.4 Å². The summed E-state index contributed by atoms with van der Waals surface area (Å²) in [6, 6.07) is 5.20. The van der Waals surface area contributed by atoms with E-state index < -0.39 is 0 Å². The van der Waals surface area contributed by atoms with Gasteiger partial charge in [0.2, 0.25) is 0 Å². The summed E-state index contributed by atoms with van der Waals surface area (Å²) in [5.41, 5.74) is 1.57. The Hall–Kier alpha value is -2.28. The molecule has 2 heterocycles. The molecule has 2 N–H and O–H groups in total. The number of aryl methyl sites for hydroxylation is 1. The average molecular weight is 335 g/mol. The van der Waals surface area contributed by atoms with Gasteiger partial charge in [-0.15, -0.1) is 0 Å². The largest absolute Gasteiger partial charge is 0.376 e. The number of carbonyl (C=O) groups excluding carboxylic acids is 1. The summed E-state index contributed by atoms with van der Waals surface area (Å²) in [7, 11) is 3.83. The summed E-state index contributed by atoms with van der Waals surface area (Å²) in [6.45, 7) is 0.638. The number of carbonyl (C=O) groups is 1. The molecule has 1 aliphatic rings. The average Bonchev–Trinajstić information content (AvgIpc) is 2.94. The van der Waals surface area contributed by atoms with Crippen LogP contribution in [0.4, 0.5) is 16.2 Å². The van der Waals surface area contributed by atoms with Crippen LogP contribution in [0.1, 0.15) is 12.2 Å². The molecule has 1 aliphatic heterocycles. The second kappa shape index (κ2) is 6.45. The van der Waals surface area contributed by atoms with Crippen molar-refractivity contribution in [2.45, 2.75) is 25.4 Å². The topological polar surface area (TPSA) is 75.1 Å². The van der Waals surface area contributed by atoms with Crippen LogP contribution in [0.5, 0.6) is 0 Å². The quantitative estimate of drug-likeness (QED) is 0.901. The fourth-order valence-electron chi connectivity index (χ4n) is 2.70. The SMILES string of the molecule is CN(C)c1ccc(Cl)cc1NC(=O)N[C@@H]1CCc2ncnn2C1. The number of benzene rings is 1. The van der Waals surface area contributed by atoms with Crippen LogP contribution in [0.25, 0.3) is 0 Å². The van der Waals surface area contributed by atoms with Gasteiger partial charge in [-0.05, 0) is 24.6 Å². The molecule has 0 unspecified atom stereocenters. The molecule has 23 heavy (non-hydrogen) atoms. The minimum absolute atomic E-state index is 0.0335. The van der Waals surface area contributed by atoms with E-state index in [9.17, 15) is 4.79 Å². The third-order valence-electron chi connectivity index (χ3n) is 3.83. The zero-order valence-corrected chi connectivity index (χ0v) is 13.8. The van der Waals surface area contributed by atoms with Gasteiger partial charge in [0.15, 0.2) is 0 Å². The van der Waals surface area contributed by atoms with Crippen LogP contribution in [0.15, 0.2) is 24.5 Å². The van der Waals surface area contributed by atoms with Crippen molar-refractivity contribution in [3.8, 4) is 0 Å². The van der Waals surface area contributed by atoms with Crippen molar-refractivity contribution in [2.75, 3.05) is 24.3 Å². The molecular formula is C15H19ClN6O. The van der Waals surface area contributed by atoms with Crippen molar-refractivity contribution in [2.24, 2.45) is 0 Å². The highest BCUT2D eigenvalue weighted by atomic mass is 35.5. The maximum atomic E-state index is 12.3. The maximum absolute atomic E-state index is 12.3. The molecule has 0 radical (unpaired) electrons. The van der Waals surface area contributed by atoms with E-state index in [0.29, 0.717) is 17.3 Å². The highest BCUT2D eigenvalue weighted by Gasteiger charge is 2.21. The van der Waals surface area contributed by atoms with Crippen LogP contribution < -0.4 is 15.5 Å². The van der Waals surface area contributed by atoms with Crippen LogP contribution in [0.3, 0.4) is 0 Å². The number of amides is 2. The lowest BCUT2D eigenvalue weighted by Crippen LogP contribution is -2.43. The Morgan fingerprint density at radius 1 is 1.43 bits per heavy atom. The third-order valence-corrected chi connectivity index (χ3v) is 4.06. The smallest absolute Gasteiger partial charge is 0.319 e. The number of anilines is 2.